The van der Waals surface area contributed by atoms with E-state index in [0.29, 0.717) is 15.9 Å². The molecule has 1 aromatic carbocycles. The minimum Gasteiger partial charge on any atom is -0.335 e. The molecule has 2 aromatic rings. The first-order valence-corrected chi connectivity index (χ1v) is 8.16. The quantitative estimate of drug-likeness (QED) is 0.884. The molecule has 3 amide bonds. The van der Waals surface area contributed by atoms with Gasteiger partial charge in [0.25, 0.3) is 5.56 Å². The summed E-state index contributed by atoms with van der Waals surface area (Å²) in [6, 6.07) is 4.37. The Labute approximate surface area is 143 Å². The first-order valence-electron chi connectivity index (χ1n) is 7.78. The average molecular weight is 349 g/mol. The number of nitrogens with zero attached hydrogens (tertiary/aromatic N) is 2. The SMILES string of the molecule is O=C(Cn1cnc2ccc(Cl)cc2c1=O)NC(=O)NC1CCCC1. The number of nitrogens with one attached hydrogen (secondary N) is 2. The molecule has 7 nitrogen and oxygen atoms in total. The Bertz CT molecular complexity index is 843. The Morgan fingerprint density at radius 2 is 2.04 bits per heavy atom. The van der Waals surface area contributed by atoms with Gasteiger partial charge >= 0.3 is 6.03 Å². The second-order valence-corrected chi connectivity index (χ2v) is 6.28. The molecular formula is C16H17ClN4O3. The molecule has 8 heteroatoms. The van der Waals surface area contributed by atoms with Crippen LogP contribution in [-0.2, 0) is 11.3 Å². The van der Waals surface area contributed by atoms with E-state index in [4.69, 9.17) is 11.6 Å². The summed E-state index contributed by atoms with van der Waals surface area (Å²) in [5.41, 5.74) is 0.119. The molecule has 0 aliphatic heterocycles. The molecule has 1 fully saturated rings. The maximum Gasteiger partial charge on any atom is 0.321 e. The molecule has 3 rings (SSSR count). The van der Waals surface area contributed by atoms with E-state index >= 15 is 0 Å². The van der Waals surface area contributed by atoms with E-state index < -0.39 is 11.9 Å². The van der Waals surface area contributed by atoms with Crippen LogP contribution in [0.15, 0.2) is 29.3 Å². The van der Waals surface area contributed by atoms with Crippen LogP contribution in [-0.4, -0.2) is 27.5 Å². The number of urea groups is 1. The summed E-state index contributed by atoms with van der Waals surface area (Å²) in [6.07, 6.45) is 5.30. The van der Waals surface area contributed by atoms with E-state index in [1.54, 1.807) is 12.1 Å². The van der Waals surface area contributed by atoms with Crippen LogP contribution in [0.4, 0.5) is 4.79 Å². The molecule has 0 saturated heterocycles. The molecule has 126 valence electrons. The number of hydrogen-bond acceptors (Lipinski definition) is 4. The first kappa shape index (κ1) is 16.4. The van der Waals surface area contributed by atoms with Gasteiger partial charge in [-0.25, -0.2) is 9.78 Å². The Morgan fingerprint density at radius 3 is 2.79 bits per heavy atom. The van der Waals surface area contributed by atoms with Crippen LogP contribution in [0.25, 0.3) is 10.9 Å². The number of amides is 3. The van der Waals surface area contributed by atoms with Gasteiger partial charge in [0.15, 0.2) is 0 Å². The van der Waals surface area contributed by atoms with Crippen LogP contribution in [0.2, 0.25) is 5.02 Å². The molecule has 1 aliphatic carbocycles. The third kappa shape index (κ3) is 3.73. The molecule has 1 heterocycles. The summed E-state index contributed by atoms with van der Waals surface area (Å²) in [6.45, 7) is -0.285. The van der Waals surface area contributed by atoms with Gasteiger partial charge in [-0.15, -0.1) is 0 Å². The summed E-state index contributed by atoms with van der Waals surface area (Å²) >= 11 is 5.89. The molecule has 1 saturated carbocycles. The smallest absolute Gasteiger partial charge is 0.321 e. The molecule has 0 spiro atoms. The molecule has 0 radical (unpaired) electrons. The highest BCUT2D eigenvalue weighted by Crippen LogP contribution is 2.17. The van der Waals surface area contributed by atoms with Gasteiger partial charge < -0.3 is 5.32 Å². The zero-order chi connectivity index (χ0) is 17.1. The van der Waals surface area contributed by atoms with E-state index in [1.165, 1.54) is 12.4 Å². The van der Waals surface area contributed by atoms with Crippen molar-refractivity contribution in [2.75, 3.05) is 0 Å². The standard InChI is InChI=1S/C16H17ClN4O3/c17-10-5-6-13-12(7-10)15(23)21(9-18-13)8-14(22)20-16(24)19-11-3-1-2-4-11/h5-7,9,11H,1-4,8H2,(H2,19,20,22,24). The molecular weight excluding hydrogens is 332 g/mol. The molecule has 24 heavy (non-hydrogen) atoms. The molecule has 1 aliphatic rings. The van der Waals surface area contributed by atoms with Gasteiger partial charge in [0.05, 0.1) is 17.2 Å². The summed E-state index contributed by atoms with van der Waals surface area (Å²) in [5.74, 6) is -0.573. The number of aromatic nitrogens is 2. The van der Waals surface area contributed by atoms with Crippen molar-refractivity contribution in [3.63, 3.8) is 0 Å². The van der Waals surface area contributed by atoms with Crippen LogP contribution < -0.4 is 16.2 Å². The van der Waals surface area contributed by atoms with Crippen LogP contribution in [0.3, 0.4) is 0 Å². The van der Waals surface area contributed by atoms with Crippen molar-refractivity contribution in [3.05, 3.63) is 39.9 Å². The lowest BCUT2D eigenvalue weighted by Gasteiger charge is -2.12. The van der Waals surface area contributed by atoms with E-state index in [9.17, 15) is 14.4 Å². The molecule has 1 aromatic heterocycles. The average Bonchev–Trinajstić information content (AvgIpc) is 3.03. The van der Waals surface area contributed by atoms with E-state index in [1.807, 2.05) is 0 Å². The topological polar surface area (TPSA) is 93.1 Å². The summed E-state index contributed by atoms with van der Waals surface area (Å²) in [4.78, 5) is 40.2. The van der Waals surface area contributed by atoms with Crippen LogP contribution in [0.5, 0.6) is 0 Å². The van der Waals surface area contributed by atoms with Gasteiger partial charge in [-0.1, -0.05) is 24.4 Å². The zero-order valence-electron chi connectivity index (χ0n) is 12.9. The van der Waals surface area contributed by atoms with Gasteiger partial charge in [0, 0.05) is 11.1 Å². The minimum atomic E-state index is -0.573. The number of rotatable bonds is 3. The number of carbonyl (C=O) groups excluding carboxylic acids is 2. The number of halogens is 1. The predicted octanol–water partition coefficient (Wildman–Crippen LogP) is 1.82. The maximum atomic E-state index is 12.4. The van der Waals surface area contributed by atoms with Crippen molar-refractivity contribution >= 4 is 34.4 Å². The third-order valence-corrected chi connectivity index (χ3v) is 4.28. The highest BCUT2D eigenvalue weighted by atomic mass is 35.5. The zero-order valence-corrected chi connectivity index (χ0v) is 13.7. The predicted molar refractivity (Wildman–Crippen MR) is 89.9 cm³/mol. The lowest BCUT2D eigenvalue weighted by atomic mass is 10.2. The maximum absolute atomic E-state index is 12.4. The number of imide groups is 1. The Morgan fingerprint density at radius 1 is 1.29 bits per heavy atom. The van der Waals surface area contributed by atoms with E-state index in [0.717, 1.165) is 30.3 Å². The van der Waals surface area contributed by atoms with Crippen molar-refractivity contribution in [2.24, 2.45) is 0 Å². The van der Waals surface area contributed by atoms with Gasteiger partial charge in [0.1, 0.15) is 6.54 Å². The number of benzene rings is 1. The van der Waals surface area contributed by atoms with E-state index in [2.05, 4.69) is 15.6 Å². The fourth-order valence-electron chi connectivity index (χ4n) is 2.86. The van der Waals surface area contributed by atoms with Crippen LogP contribution >= 0.6 is 11.6 Å². The van der Waals surface area contributed by atoms with Gasteiger partial charge in [0.2, 0.25) is 5.91 Å². The van der Waals surface area contributed by atoms with Crippen LogP contribution in [0.1, 0.15) is 25.7 Å². The molecule has 0 bridgehead atoms. The van der Waals surface area contributed by atoms with E-state index in [-0.39, 0.29) is 18.1 Å². The van der Waals surface area contributed by atoms with Crippen LogP contribution in [0, 0.1) is 0 Å². The van der Waals surface area contributed by atoms with Crippen molar-refractivity contribution in [2.45, 2.75) is 38.3 Å². The minimum absolute atomic E-state index is 0.116. The summed E-state index contributed by atoms with van der Waals surface area (Å²) in [5, 5.41) is 5.74. The van der Waals surface area contributed by atoms with Gasteiger partial charge in [-0.2, -0.15) is 0 Å². The van der Waals surface area contributed by atoms with Crippen molar-refractivity contribution in [1.82, 2.24) is 20.2 Å². The second kappa shape index (κ2) is 7.00. The molecule has 0 atom stereocenters. The number of carbonyl (C=O) groups is 2. The monoisotopic (exact) mass is 348 g/mol. The lowest BCUT2D eigenvalue weighted by molar-refractivity contribution is -0.120. The summed E-state index contributed by atoms with van der Waals surface area (Å²) in [7, 11) is 0. The highest BCUT2D eigenvalue weighted by molar-refractivity contribution is 6.31. The Kier molecular flexibility index (Phi) is 4.80. The fourth-order valence-corrected chi connectivity index (χ4v) is 3.03. The number of fused-ring (bicyclic) bond motifs is 1. The summed E-state index contributed by atoms with van der Waals surface area (Å²) < 4.78 is 1.15. The Hall–Kier alpha value is -2.41. The van der Waals surface area contributed by atoms with Crippen molar-refractivity contribution in [1.29, 1.82) is 0 Å². The highest BCUT2D eigenvalue weighted by Gasteiger charge is 2.18. The van der Waals surface area contributed by atoms with Gasteiger partial charge in [-0.05, 0) is 31.0 Å². The van der Waals surface area contributed by atoms with Gasteiger partial charge in [-0.3, -0.25) is 19.5 Å². The van der Waals surface area contributed by atoms with Crippen molar-refractivity contribution < 1.29 is 9.59 Å². The third-order valence-electron chi connectivity index (χ3n) is 4.04. The normalized spacial score (nSPS) is 14.7. The molecule has 0 unspecified atom stereocenters. The second-order valence-electron chi connectivity index (χ2n) is 5.84. The largest absolute Gasteiger partial charge is 0.335 e. The van der Waals surface area contributed by atoms with Crippen molar-refractivity contribution in [3.8, 4) is 0 Å². The lowest BCUT2D eigenvalue weighted by Crippen LogP contribution is -2.45. The fraction of sp³-hybridized carbons (Fsp3) is 0.375. The Balaban J connectivity index is 1.67. The number of hydrogen-bond donors (Lipinski definition) is 2. The molecule has 2 N–H and O–H groups in total. The first-order chi connectivity index (χ1) is 11.5.